The van der Waals surface area contributed by atoms with E-state index in [1.807, 2.05) is 41.1 Å². The highest BCUT2D eigenvalue weighted by molar-refractivity contribution is 5.87. The van der Waals surface area contributed by atoms with Crippen molar-refractivity contribution in [2.75, 3.05) is 11.4 Å². The lowest BCUT2D eigenvalue weighted by Crippen LogP contribution is -2.41. The van der Waals surface area contributed by atoms with Gasteiger partial charge in [-0.2, -0.15) is 0 Å². The second kappa shape index (κ2) is 5.47. The van der Waals surface area contributed by atoms with Gasteiger partial charge in [0.25, 0.3) is 0 Å². The topological polar surface area (TPSA) is 82.6 Å². The first-order valence-corrected chi connectivity index (χ1v) is 8.57. The quantitative estimate of drug-likeness (QED) is 0.590. The maximum absolute atomic E-state index is 12.7. The number of aromatic amines is 2. The predicted molar refractivity (Wildman–Crippen MR) is 96.7 cm³/mol. The molecule has 4 aromatic rings. The van der Waals surface area contributed by atoms with Crippen molar-refractivity contribution in [1.29, 1.82) is 0 Å². The summed E-state index contributed by atoms with van der Waals surface area (Å²) in [5.41, 5.74) is 2.55. The minimum absolute atomic E-state index is 0.0506. The molecule has 4 heterocycles. The van der Waals surface area contributed by atoms with Crippen LogP contribution < -0.4 is 10.6 Å². The molecule has 1 aliphatic rings. The second-order valence-corrected chi connectivity index (χ2v) is 6.42. The first kappa shape index (κ1) is 14.3. The highest BCUT2D eigenvalue weighted by atomic mass is 16.1. The van der Waals surface area contributed by atoms with Crippen LogP contribution >= 0.6 is 0 Å². The van der Waals surface area contributed by atoms with E-state index in [0.717, 1.165) is 53.7 Å². The van der Waals surface area contributed by atoms with E-state index in [-0.39, 0.29) is 11.9 Å². The smallest absolute Gasteiger partial charge is 0.328 e. The summed E-state index contributed by atoms with van der Waals surface area (Å²) in [6.45, 7) is 0.869. The Bertz CT molecular complexity index is 1110. The van der Waals surface area contributed by atoms with Crippen molar-refractivity contribution in [1.82, 2.24) is 24.5 Å². The molecule has 0 spiro atoms. The van der Waals surface area contributed by atoms with Crippen LogP contribution in [0.3, 0.4) is 0 Å². The average Bonchev–Trinajstić information content (AvgIpc) is 3.25. The van der Waals surface area contributed by atoms with Gasteiger partial charge in [0.1, 0.15) is 24.0 Å². The van der Waals surface area contributed by atoms with Gasteiger partial charge in [-0.3, -0.25) is 4.57 Å². The molecule has 1 atom stereocenters. The summed E-state index contributed by atoms with van der Waals surface area (Å²) >= 11 is 0. The van der Waals surface area contributed by atoms with Crippen LogP contribution in [0.25, 0.3) is 22.1 Å². The predicted octanol–water partition coefficient (Wildman–Crippen LogP) is 2.79. The minimum atomic E-state index is -0.0718. The number of imidazole rings is 1. The van der Waals surface area contributed by atoms with E-state index in [1.54, 1.807) is 6.33 Å². The maximum Gasteiger partial charge on any atom is 0.328 e. The molecular formula is C18H18N6O. The summed E-state index contributed by atoms with van der Waals surface area (Å²) in [5.74, 6) is 0.883. The van der Waals surface area contributed by atoms with Gasteiger partial charge in [0.05, 0.1) is 16.4 Å². The second-order valence-electron chi connectivity index (χ2n) is 6.42. The molecule has 1 aromatic carbocycles. The molecular weight excluding hydrogens is 316 g/mol. The third-order valence-corrected chi connectivity index (χ3v) is 5.00. The van der Waals surface area contributed by atoms with Crippen LogP contribution in [0.4, 0.5) is 5.82 Å². The van der Waals surface area contributed by atoms with Crippen LogP contribution in [0.2, 0.25) is 0 Å². The minimum Gasteiger partial charge on any atom is -0.346 e. The number of benzene rings is 1. The summed E-state index contributed by atoms with van der Waals surface area (Å²) in [5, 5.41) is 0.988. The van der Waals surface area contributed by atoms with Crippen LogP contribution in [0.15, 0.2) is 47.7 Å². The van der Waals surface area contributed by atoms with E-state index >= 15 is 0 Å². The first-order chi connectivity index (χ1) is 12.3. The Morgan fingerprint density at radius 3 is 3.00 bits per heavy atom. The molecule has 0 aliphatic carbocycles. The van der Waals surface area contributed by atoms with Gasteiger partial charge >= 0.3 is 5.69 Å². The molecule has 0 amide bonds. The number of fused-ring (bicyclic) bond motifs is 2. The summed E-state index contributed by atoms with van der Waals surface area (Å²) in [6, 6.07) is 9.83. The number of nitrogens with zero attached hydrogens (tertiary/aromatic N) is 4. The van der Waals surface area contributed by atoms with Crippen molar-refractivity contribution in [2.45, 2.75) is 25.4 Å². The molecule has 25 heavy (non-hydrogen) atoms. The van der Waals surface area contributed by atoms with Crippen LogP contribution in [-0.4, -0.2) is 31.0 Å². The lowest BCUT2D eigenvalue weighted by molar-refractivity contribution is 0.374. The Hall–Kier alpha value is -3.09. The van der Waals surface area contributed by atoms with Gasteiger partial charge in [-0.25, -0.2) is 14.8 Å². The Morgan fingerprint density at radius 1 is 1.12 bits per heavy atom. The monoisotopic (exact) mass is 334 g/mol. The number of piperidine rings is 1. The van der Waals surface area contributed by atoms with Crippen molar-refractivity contribution >= 4 is 27.9 Å². The number of hydrogen-bond acceptors (Lipinski definition) is 4. The lowest BCUT2D eigenvalue weighted by Gasteiger charge is -2.37. The lowest BCUT2D eigenvalue weighted by atomic mass is 10.1. The number of para-hydroxylation sites is 2. The molecule has 1 fully saturated rings. The van der Waals surface area contributed by atoms with E-state index in [2.05, 4.69) is 24.8 Å². The Balaban J connectivity index is 1.70. The Kier molecular flexibility index (Phi) is 3.12. The average molecular weight is 334 g/mol. The molecule has 1 saturated heterocycles. The van der Waals surface area contributed by atoms with Crippen molar-refractivity contribution in [2.24, 2.45) is 0 Å². The molecule has 126 valence electrons. The molecule has 7 nitrogen and oxygen atoms in total. The molecule has 7 heteroatoms. The number of hydrogen-bond donors (Lipinski definition) is 2. The Morgan fingerprint density at radius 2 is 2.04 bits per heavy atom. The molecule has 1 unspecified atom stereocenters. The molecule has 1 aliphatic heterocycles. The summed E-state index contributed by atoms with van der Waals surface area (Å²) in [4.78, 5) is 29.8. The summed E-state index contributed by atoms with van der Waals surface area (Å²) in [7, 11) is 0. The van der Waals surface area contributed by atoms with Gasteiger partial charge in [-0.15, -0.1) is 0 Å². The number of rotatable bonds is 2. The van der Waals surface area contributed by atoms with Crippen molar-refractivity contribution in [3.05, 3.63) is 53.3 Å². The first-order valence-electron chi connectivity index (χ1n) is 8.57. The van der Waals surface area contributed by atoms with Gasteiger partial charge in [0, 0.05) is 12.7 Å². The third kappa shape index (κ3) is 2.15. The van der Waals surface area contributed by atoms with Crippen molar-refractivity contribution < 1.29 is 0 Å². The summed E-state index contributed by atoms with van der Waals surface area (Å²) < 4.78 is 1.87. The van der Waals surface area contributed by atoms with Gasteiger partial charge in [0.2, 0.25) is 0 Å². The SMILES string of the molecule is O=c1[nH]c2ccccc2n1C1CCCCN1c1ncnc2[nH]ccc12. The number of H-pyrrole nitrogens is 2. The fraction of sp³-hybridized carbons (Fsp3) is 0.278. The van der Waals surface area contributed by atoms with Crippen molar-refractivity contribution in [3.8, 4) is 0 Å². The zero-order valence-corrected chi connectivity index (χ0v) is 13.6. The van der Waals surface area contributed by atoms with Crippen LogP contribution in [0.1, 0.15) is 25.4 Å². The van der Waals surface area contributed by atoms with E-state index < -0.39 is 0 Å². The van der Waals surface area contributed by atoms with E-state index in [0.29, 0.717) is 0 Å². The number of aromatic nitrogens is 5. The van der Waals surface area contributed by atoms with Crippen LogP contribution in [-0.2, 0) is 0 Å². The molecule has 2 N–H and O–H groups in total. The molecule has 0 bridgehead atoms. The fourth-order valence-corrected chi connectivity index (χ4v) is 3.89. The number of anilines is 1. The molecule has 0 radical (unpaired) electrons. The summed E-state index contributed by atoms with van der Waals surface area (Å²) in [6.07, 6.45) is 6.50. The van der Waals surface area contributed by atoms with Crippen LogP contribution in [0, 0.1) is 0 Å². The van der Waals surface area contributed by atoms with E-state index in [1.165, 1.54) is 0 Å². The highest BCUT2D eigenvalue weighted by Gasteiger charge is 2.29. The van der Waals surface area contributed by atoms with Gasteiger partial charge in [-0.1, -0.05) is 12.1 Å². The molecule has 5 rings (SSSR count). The normalized spacial score (nSPS) is 18.2. The van der Waals surface area contributed by atoms with E-state index in [4.69, 9.17) is 0 Å². The van der Waals surface area contributed by atoms with Gasteiger partial charge in [0.15, 0.2) is 0 Å². The zero-order valence-electron chi connectivity index (χ0n) is 13.6. The van der Waals surface area contributed by atoms with Crippen molar-refractivity contribution in [3.63, 3.8) is 0 Å². The standard InChI is InChI=1S/C18H18N6O/c25-18-22-13-5-1-2-6-14(13)24(18)15-7-3-4-10-23(15)17-12-8-9-19-16(12)20-11-21-17/h1-2,5-6,8-9,11,15H,3-4,7,10H2,(H,22,25)(H,19,20,21). The largest absolute Gasteiger partial charge is 0.346 e. The Labute approximate surface area is 143 Å². The number of nitrogens with one attached hydrogen (secondary N) is 2. The zero-order chi connectivity index (χ0) is 16.8. The van der Waals surface area contributed by atoms with Crippen LogP contribution in [0.5, 0.6) is 0 Å². The molecule has 0 saturated carbocycles. The van der Waals surface area contributed by atoms with E-state index in [9.17, 15) is 4.79 Å². The fourth-order valence-electron chi connectivity index (χ4n) is 3.89. The van der Waals surface area contributed by atoms with Gasteiger partial charge < -0.3 is 14.9 Å². The third-order valence-electron chi connectivity index (χ3n) is 5.00. The maximum atomic E-state index is 12.7. The van der Waals surface area contributed by atoms with Gasteiger partial charge in [-0.05, 0) is 37.5 Å². The molecule has 3 aromatic heterocycles. The highest BCUT2D eigenvalue weighted by Crippen LogP contribution is 2.34.